The van der Waals surface area contributed by atoms with E-state index in [1.807, 2.05) is 0 Å². The second kappa shape index (κ2) is 2.81. The van der Waals surface area contributed by atoms with Crippen LogP contribution in [0.4, 0.5) is 5.69 Å². The van der Waals surface area contributed by atoms with Gasteiger partial charge in [-0.25, -0.2) is 0 Å². The van der Waals surface area contributed by atoms with Crippen molar-refractivity contribution in [3.63, 3.8) is 0 Å². The molecule has 1 aliphatic heterocycles. The Bertz CT molecular complexity index is 291. The van der Waals surface area contributed by atoms with Crippen molar-refractivity contribution < 1.29 is 0 Å². The van der Waals surface area contributed by atoms with Gasteiger partial charge in [0, 0.05) is 18.2 Å². The molecule has 2 rings (SSSR count). The van der Waals surface area contributed by atoms with Gasteiger partial charge in [-0.3, -0.25) is 0 Å². The average Bonchev–Trinajstić information content (AvgIpc) is 2.49. The highest BCUT2D eigenvalue weighted by molar-refractivity contribution is 5.61. The zero-order valence-electron chi connectivity index (χ0n) is 7.43. The van der Waals surface area contributed by atoms with Gasteiger partial charge in [-0.15, -0.1) is 0 Å². The second-order valence-electron chi connectivity index (χ2n) is 3.36. The zero-order chi connectivity index (χ0) is 8.55. The second-order valence-corrected chi connectivity index (χ2v) is 3.36. The van der Waals surface area contributed by atoms with Crippen LogP contribution >= 0.6 is 0 Å². The quantitative estimate of drug-likeness (QED) is 0.666. The van der Waals surface area contributed by atoms with Crippen LogP contribution in [-0.4, -0.2) is 6.54 Å². The Kier molecular flexibility index (Phi) is 1.80. The van der Waals surface area contributed by atoms with Crippen molar-refractivity contribution in [2.75, 3.05) is 11.9 Å². The van der Waals surface area contributed by atoms with E-state index in [-0.39, 0.29) is 0 Å². The van der Waals surface area contributed by atoms with Crippen LogP contribution < -0.4 is 5.32 Å². The molecular formula is C11H14N. The van der Waals surface area contributed by atoms with E-state index in [4.69, 9.17) is 0 Å². The Balaban J connectivity index is 2.48. The van der Waals surface area contributed by atoms with Gasteiger partial charge in [-0.05, 0) is 30.5 Å². The lowest BCUT2D eigenvalue weighted by atomic mass is 9.95. The summed E-state index contributed by atoms with van der Waals surface area (Å²) in [5.41, 5.74) is 3.90. The standard InChI is InChI=1S/C11H14N/c1-3-9-7-12-10-6-4-5-8(2)11(9)10/h4-6,9,12H,2-3,7H2,1H3. The maximum atomic E-state index is 4.05. The molecule has 1 aromatic carbocycles. The molecule has 0 spiro atoms. The molecule has 1 aliphatic rings. The van der Waals surface area contributed by atoms with Crippen molar-refractivity contribution in [2.45, 2.75) is 19.3 Å². The molecule has 63 valence electrons. The molecule has 12 heavy (non-hydrogen) atoms. The fourth-order valence-electron chi connectivity index (χ4n) is 1.93. The van der Waals surface area contributed by atoms with Gasteiger partial charge in [0.2, 0.25) is 0 Å². The number of fused-ring (bicyclic) bond motifs is 1. The van der Waals surface area contributed by atoms with Gasteiger partial charge in [-0.2, -0.15) is 0 Å². The summed E-state index contributed by atoms with van der Waals surface area (Å²) in [7, 11) is 0. The summed E-state index contributed by atoms with van der Waals surface area (Å²) in [6.07, 6.45) is 1.20. The van der Waals surface area contributed by atoms with Crippen molar-refractivity contribution in [1.82, 2.24) is 0 Å². The van der Waals surface area contributed by atoms with Crippen LogP contribution in [0.3, 0.4) is 0 Å². The van der Waals surface area contributed by atoms with Gasteiger partial charge >= 0.3 is 0 Å². The Morgan fingerprint density at radius 1 is 1.58 bits per heavy atom. The van der Waals surface area contributed by atoms with Crippen molar-refractivity contribution in [3.05, 3.63) is 36.2 Å². The minimum Gasteiger partial charge on any atom is -0.384 e. The number of hydrogen-bond donors (Lipinski definition) is 1. The van der Waals surface area contributed by atoms with E-state index in [2.05, 4.69) is 37.4 Å². The monoisotopic (exact) mass is 160 g/mol. The molecule has 1 N–H and O–H groups in total. The van der Waals surface area contributed by atoms with Crippen LogP contribution in [0.15, 0.2) is 18.2 Å². The Morgan fingerprint density at radius 3 is 3.17 bits per heavy atom. The van der Waals surface area contributed by atoms with Crippen LogP contribution in [0.25, 0.3) is 0 Å². The first kappa shape index (κ1) is 7.66. The summed E-state index contributed by atoms with van der Waals surface area (Å²) in [6, 6.07) is 6.29. The number of rotatable bonds is 1. The molecule has 1 radical (unpaired) electrons. The normalized spacial score (nSPS) is 20.3. The molecule has 1 nitrogen and oxygen atoms in total. The third-order valence-corrected chi connectivity index (χ3v) is 2.64. The number of anilines is 1. The van der Waals surface area contributed by atoms with Crippen LogP contribution in [0.5, 0.6) is 0 Å². The minimum atomic E-state index is 0.675. The predicted molar refractivity (Wildman–Crippen MR) is 52.4 cm³/mol. The van der Waals surface area contributed by atoms with Crippen LogP contribution in [0, 0.1) is 6.92 Å². The summed E-state index contributed by atoms with van der Waals surface area (Å²) in [5, 5.41) is 3.40. The molecule has 0 fully saturated rings. The number of nitrogens with one attached hydrogen (secondary N) is 1. The number of hydrogen-bond acceptors (Lipinski definition) is 1. The zero-order valence-corrected chi connectivity index (χ0v) is 7.43. The molecular weight excluding hydrogens is 146 g/mol. The maximum absolute atomic E-state index is 4.05. The van der Waals surface area contributed by atoms with E-state index in [9.17, 15) is 0 Å². The molecule has 0 aliphatic carbocycles. The average molecular weight is 160 g/mol. The third kappa shape index (κ3) is 1.01. The summed E-state index contributed by atoms with van der Waals surface area (Å²) in [5.74, 6) is 0.675. The highest BCUT2D eigenvalue weighted by Gasteiger charge is 2.21. The van der Waals surface area contributed by atoms with E-state index in [0.717, 1.165) is 6.54 Å². The van der Waals surface area contributed by atoms with Crippen molar-refractivity contribution in [2.24, 2.45) is 0 Å². The maximum Gasteiger partial charge on any atom is 0.0379 e. The molecule has 1 heteroatoms. The summed E-state index contributed by atoms with van der Waals surface area (Å²) < 4.78 is 0. The first-order valence-electron chi connectivity index (χ1n) is 4.51. The Labute approximate surface area is 73.8 Å². The van der Waals surface area contributed by atoms with Crippen molar-refractivity contribution in [3.8, 4) is 0 Å². The molecule has 0 amide bonds. The van der Waals surface area contributed by atoms with Crippen molar-refractivity contribution >= 4 is 5.69 Å². The smallest absolute Gasteiger partial charge is 0.0379 e. The van der Waals surface area contributed by atoms with Gasteiger partial charge in [0.25, 0.3) is 0 Å². The van der Waals surface area contributed by atoms with Gasteiger partial charge in [0.1, 0.15) is 0 Å². The minimum absolute atomic E-state index is 0.675. The predicted octanol–water partition coefficient (Wildman–Crippen LogP) is 2.79. The first-order chi connectivity index (χ1) is 5.83. The van der Waals surface area contributed by atoms with E-state index in [0.29, 0.717) is 5.92 Å². The Morgan fingerprint density at radius 2 is 2.42 bits per heavy atom. The van der Waals surface area contributed by atoms with E-state index < -0.39 is 0 Å². The van der Waals surface area contributed by atoms with Gasteiger partial charge in [0.15, 0.2) is 0 Å². The SMILES string of the molecule is [CH2]c1cccc2c1C(CC)CN2. The van der Waals surface area contributed by atoms with E-state index in [1.165, 1.54) is 23.2 Å². The highest BCUT2D eigenvalue weighted by atomic mass is 14.9. The fraction of sp³-hybridized carbons (Fsp3) is 0.364. The van der Waals surface area contributed by atoms with E-state index >= 15 is 0 Å². The molecule has 1 aromatic rings. The summed E-state index contributed by atoms with van der Waals surface area (Å²) in [4.78, 5) is 0. The summed E-state index contributed by atoms with van der Waals surface area (Å²) >= 11 is 0. The molecule has 0 aromatic heterocycles. The van der Waals surface area contributed by atoms with Crippen LogP contribution in [0.1, 0.15) is 30.4 Å². The summed E-state index contributed by atoms with van der Waals surface area (Å²) in [6.45, 7) is 7.36. The lowest BCUT2D eigenvalue weighted by molar-refractivity contribution is 0.725. The topological polar surface area (TPSA) is 12.0 Å². The molecule has 1 unspecified atom stereocenters. The third-order valence-electron chi connectivity index (χ3n) is 2.64. The lowest BCUT2D eigenvalue weighted by Crippen LogP contribution is -2.00. The molecule has 0 saturated heterocycles. The molecule has 0 saturated carbocycles. The molecule has 0 bridgehead atoms. The lowest BCUT2D eigenvalue weighted by Gasteiger charge is -2.08. The molecule has 1 heterocycles. The first-order valence-corrected chi connectivity index (χ1v) is 4.51. The van der Waals surface area contributed by atoms with Crippen LogP contribution in [0.2, 0.25) is 0 Å². The van der Waals surface area contributed by atoms with Crippen molar-refractivity contribution in [1.29, 1.82) is 0 Å². The highest BCUT2D eigenvalue weighted by Crippen LogP contribution is 2.35. The molecule has 1 atom stereocenters. The van der Waals surface area contributed by atoms with Gasteiger partial charge in [0.05, 0.1) is 0 Å². The van der Waals surface area contributed by atoms with Gasteiger partial charge in [-0.1, -0.05) is 19.1 Å². The largest absolute Gasteiger partial charge is 0.384 e. The van der Waals surface area contributed by atoms with E-state index in [1.54, 1.807) is 0 Å². The Hall–Kier alpha value is -0.980. The van der Waals surface area contributed by atoms with Crippen LogP contribution in [-0.2, 0) is 0 Å². The fourth-order valence-corrected chi connectivity index (χ4v) is 1.93. The van der Waals surface area contributed by atoms with Gasteiger partial charge < -0.3 is 5.32 Å². The number of benzene rings is 1.